The van der Waals surface area contributed by atoms with Crippen molar-refractivity contribution < 1.29 is 13.6 Å². The summed E-state index contributed by atoms with van der Waals surface area (Å²) in [6.07, 6.45) is 0. The Balaban J connectivity index is 2.06. The molecule has 0 bridgehead atoms. The molecule has 4 nitrogen and oxygen atoms in total. The number of hydrogen-bond donors (Lipinski definition) is 2. The minimum atomic E-state index is -0.419. The molecule has 7 heteroatoms. The number of carbonyl (C=O) groups is 1. The molecule has 3 rings (SSSR count). The molecule has 1 amide bonds. The van der Waals surface area contributed by atoms with Crippen molar-refractivity contribution in [3.8, 4) is 22.6 Å². The summed E-state index contributed by atoms with van der Waals surface area (Å²) in [6.45, 7) is 0. The van der Waals surface area contributed by atoms with Gasteiger partial charge in [-0.25, -0.2) is 13.8 Å². The van der Waals surface area contributed by atoms with Crippen molar-refractivity contribution in [1.29, 1.82) is 0 Å². The van der Waals surface area contributed by atoms with Crippen LogP contribution in [0.25, 0.3) is 22.6 Å². The molecule has 0 fully saturated rings. The molecule has 24 heavy (non-hydrogen) atoms. The van der Waals surface area contributed by atoms with Gasteiger partial charge in [-0.2, -0.15) is 0 Å². The normalized spacial score (nSPS) is 10.6. The predicted octanol–water partition coefficient (Wildman–Crippen LogP) is 4.20. The molecule has 0 spiro atoms. The zero-order valence-electron chi connectivity index (χ0n) is 12.3. The molecule has 0 aliphatic carbocycles. The van der Waals surface area contributed by atoms with Crippen LogP contribution >= 0.6 is 11.6 Å². The highest BCUT2D eigenvalue weighted by Gasteiger charge is 2.15. The van der Waals surface area contributed by atoms with Gasteiger partial charge < -0.3 is 10.3 Å². The molecular formula is C17H12ClF2N3O. The number of nitrogens with one attached hydrogen (secondary N) is 2. The van der Waals surface area contributed by atoms with Crippen molar-refractivity contribution in [2.75, 3.05) is 11.2 Å². The summed E-state index contributed by atoms with van der Waals surface area (Å²) in [5.74, 6) is -0.659. The summed E-state index contributed by atoms with van der Waals surface area (Å²) in [6, 6.07) is 11.5. The molecule has 3 aromatic rings. The monoisotopic (exact) mass is 347 g/mol. The lowest BCUT2D eigenvalue weighted by molar-refractivity contribution is -0.113. The Bertz CT molecular complexity index is 861. The topological polar surface area (TPSA) is 57.8 Å². The molecule has 122 valence electrons. The fourth-order valence-corrected chi connectivity index (χ4v) is 2.27. The molecule has 1 aromatic heterocycles. The molecule has 0 aliphatic heterocycles. The van der Waals surface area contributed by atoms with Crippen molar-refractivity contribution in [3.05, 3.63) is 60.2 Å². The second-order valence-electron chi connectivity index (χ2n) is 5.00. The van der Waals surface area contributed by atoms with E-state index in [2.05, 4.69) is 15.3 Å². The van der Waals surface area contributed by atoms with Crippen LogP contribution in [0.4, 0.5) is 14.6 Å². The third kappa shape index (κ3) is 3.44. The Morgan fingerprint density at radius 3 is 2.08 bits per heavy atom. The minimum Gasteiger partial charge on any atom is -0.336 e. The average molecular weight is 348 g/mol. The van der Waals surface area contributed by atoms with Gasteiger partial charge in [0.1, 0.15) is 23.3 Å². The first-order valence-electron chi connectivity index (χ1n) is 7.04. The smallest absolute Gasteiger partial charge is 0.240 e. The van der Waals surface area contributed by atoms with Crippen LogP contribution in [0.1, 0.15) is 0 Å². The SMILES string of the molecule is O=C(CCl)Nc1nc(-c2ccc(F)cc2)[nH]c1-c1ccc(F)cc1. The van der Waals surface area contributed by atoms with Crippen molar-refractivity contribution >= 4 is 23.3 Å². The first-order valence-corrected chi connectivity index (χ1v) is 7.58. The maximum absolute atomic E-state index is 13.1. The summed E-state index contributed by atoms with van der Waals surface area (Å²) < 4.78 is 26.2. The highest BCUT2D eigenvalue weighted by molar-refractivity contribution is 6.29. The fraction of sp³-hybridized carbons (Fsp3) is 0.0588. The maximum atomic E-state index is 13.1. The number of halogens is 3. The second-order valence-corrected chi connectivity index (χ2v) is 5.27. The number of nitrogens with zero attached hydrogens (tertiary/aromatic N) is 1. The molecule has 0 radical (unpaired) electrons. The van der Waals surface area contributed by atoms with Gasteiger partial charge in [0, 0.05) is 11.1 Å². The van der Waals surface area contributed by atoms with Crippen molar-refractivity contribution in [3.63, 3.8) is 0 Å². The number of H-pyrrole nitrogens is 1. The van der Waals surface area contributed by atoms with Crippen LogP contribution in [-0.4, -0.2) is 21.8 Å². The van der Waals surface area contributed by atoms with E-state index in [1.807, 2.05) is 0 Å². The van der Waals surface area contributed by atoms with Gasteiger partial charge in [-0.3, -0.25) is 4.79 Å². The summed E-state index contributed by atoms with van der Waals surface area (Å²) in [5, 5.41) is 2.59. The van der Waals surface area contributed by atoms with Gasteiger partial charge in [0.05, 0.1) is 5.69 Å². The maximum Gasteiger partial charge on any atom is 0.240 e. The Hall–Kier alpha value is -2.73. The zero-order chi connectivity index (χ0) is 17.1. The number of alkyl halides is 1. The van der Waals surface area contributed by atoms with Crippen molar-refractivity contribution in [1.82, 2.24) is 9.97 Å². The van der Waals surface area contributed by atoms with E-state index in [0.29, 0.717) is 22.6 Å². The summed E-state index contributed by atoms with van der Waals surface area (Å²) in [5.41, 5.74) is 1.79. The average Bonchev–Trinajstić information content (AvgIpc) is 3.00. The van der Waals surface area contributed by atoms with E-state index in [9.17, 15) is 13.6 Å². The van der Waals surface area contributed by atoms with Crippen LogP contribution in [0.2, 0.25) is 0 Å². The standard InChI is InChI=1S/C17H12ClF2N3O/c18-9-14(24)21-17-15(10-1-5-12(19)6-2-10)22-16(23-17)11-3-7-13(20)8-4-11/h1-8H,9H2,(H,21,24)(H,22,23). The molecule has 1 heterocycles. The fourth-order valence-electron chi connectivity index (χ4n) is 2.20. The Labute approximate surface area is 141 Å². The number of aromatic nitrogens is 2. The summed E-state index contributed by atoms with van der Waals surface area (Å²) in [4.78, 5) is 19.0. The summed E-state index contributed by atoms with van der Waals surface area (Å²) >= 11 is 5.52. The van der Waals surface area contributed by atoms with E-state index in [-0.39, 0.29) is 23.3 Å². The molecule has 2 aromatic carbocycles. The Kier molecular flexibility index (Phi) is 4.57. The van der Waals surface area contributed by atoms with Crippen LogP contribution in [0.3, 0.4) is 0 Å². The first-order chi connectivity index (χ1) is 11.6. The third-order valence-corrected chi connectivity index (χ3v) is 3.58. The molecule has 0 aliphatic rings. The van der Waals surface area contributed by atoms with Crippen LogP contribution in [0.15, 0.2) is 48.5 Å². The highest BCUT2D eigenvalue weighted by Crippen LogP contribution is 2.30. The molecular weight excluding hydrogens is 336 g/mol. The third-order valence-electron chi connectivity index (χ3n) is 3.33. The number of rotatable bonds is 4. The first kappa shape index (κ1) is 16.1. The lowest BCUT2D eigenvalue weighted by atomic mass is 10.1. The lowest BCUT2D eigenvalue weighted by Crippen LogP contribution is -2.13. The van der Waals surface area contributed by atoms with E-state index < -0.39 is 5.91 Å². The highest BCUT2D eigenvalue weighted by atomic mass is 35.5. The largest absolute Gasteiger partial charge is 0.336 e. The van der Waals surface area contributed by atoms with E-state index in [1.54, 1.807) is 24.3 Å². The molecule has 0 saturated carbocycles. The second kappa shape index (κ2) is 6.80. The van der Waals surface area contributed by atoms with E-state index in [4.69, 9.17) is 11.6 Å². The van der Waals surface area contributed by atoms with Gasteiger partial charge >= 0.3 is 0 Å². The number of carbonyl (C=O) groups excluding carboxylic acids is 1. The molecule has 0 atom stereocenters. The van der Waals surface area contributed by atoms with Gasteiger partial charge in [0.2, 0.25) is 5.91 Å². The number of benzene rings is 2. The number of hydrogen-bond acceptors (Lipinski definition) is 2. The van der Waals surface area contributed by atoms with Crippen LogP contribution in [-0.2, 0) is 4.79 Å². The summed E-state index contributed by atoms with van der Waals surface area (Å²) in [7, 11) is 0. The number of amides is 1. The van der Waals surface area contributed by atoms with Crippen LogP contribution < -0.4 is 5.32 Å². The van der Waals surface area contributed by atoms with Gasteiger partial charge in [-0.05, 0) is 48.5 Å². The Morgan fingerprint density at radius 2 is 1.54 bits per heavy atom. The number of imidazole rings is 1. The lowest BCUT2D eigenvalue weighted by Gasteiger charge is -2.03. The van der Waals surface area contributed by atoms with E-state index >= 15 is 0 Å². The molecule has 0 saturated heterocycles. The van der Waals surface area contributed by atoms with E-state index in [0.717, 1.165) is 0 Å². The Morgan fingerprint density at radius 1 is 1.00 bits per heavy atom. The van der Waals surface area contributed by atoms with Crippen LogP contribution in [0.5, 0.6) is 0 Å². The van der Waals surface area contributed by atoms with Crippen molar-refractivity contribution in [2.45, 2.75) is 0 Å². The van der Waals surface area contributed by atoms with Gasteiger partial charge in [0.15, 0.2) is 5.82 Å². The van der Waals surface area contributed by atoms with Gasteiger partial charge in [0.25, 0.3) is 0 Å². The van der Waals surface area contributed by atoms with Crippen LogP contribution in [0, 0.1) is 11.6 Å². The van der Waals surface area contributed by atoms with Crippen molar-refractivity contribution in [2.24, 2.45) is 0 Å². The molecule has 0 unspecified atom stereocenters. The number of anilines is 1. The number of aromatic amines is 1. The van der Waals surface area contributed by atoms with Gasteiger partial charge in [-0.1, -0.05) is 0 Å². The van der Waals surface area contributed by atoms with Gasteiger partial charge in [-0.15, -0.1) is 11.6 Å². The predicted molar refractivity (Wildman–Crippen MR) is 88.7 cm³/mol. The minimum absolute atomic E-state index is 0.221. The quantitative estimate of drug-likeness (QED) is 0.695. The zero-order valence-corrected chi connectivity index (χ0v) is 13.1. The van der Waals surface area contributed by atoms with E-state index in [1.165, 1.54) is 24.3 Å². The molecule has 2 N–H and O–H groups in total.